The van der Waals surface area contributed by atoms with E-state index in [1.54, 1.807) is 18.3 Å². The molecule has 5 N–H and O–H groups in total. The van der Waals surface area contributed by atoms with Crippen molar-refractivity contribution >= 4 is 29.0 Å². The second-order valence-corrected chi connectivity index (χ2v) is 8.69. The summed E-state index contributed by atoms with van der Waals surface area (Å²) in [6.45, 7) is 1.22. The number of aliphatic hydroxyl groups excluding tert-OH is 2. The number of anilines is 1. The molecule has 1 saturated heterocycles. The van der Waals surface area contributed by atoms with Crippen molar-refractivity contribution in [3.8, 4) is 0 Å². The van der Waals surface area contributed by atoms with Gasteiger partial charge in [0.25, 0.3) is 0 Å². The fraction of sp³-hybridized carbons (Fsp3) is 0.409. The van der Waals surface area contributed by atoms with Gasteiger partial charge in [-0.05, 0) is 49.2 Å². The maximum Gasteiger partial charge on any atom is 0.146 e. The largest absolute Gasteiger partial charge is 0.394 e. The summed E-state index contributed by atoms with van der Waals surface area (Å²) in [5.74, 6) is 0.877. The molecule has 31 heavy (non-hydrogen) atoms. The summed E-state index contributed by atoms with van der Waals surface area (Å²) in [6.07, 6.45) is 2.87. The van der Waals surface area contributed by atoms with Crippen LogP contribution in [0.25, 0.3) is 11.4 Å². The number of pyridine rings is 1. The van der Waals surface area contributed by atoms with Crippen molar-refractivity contribution < 1.29 is 19.3 Å². The van der Waals surface area contributed by atoms with Crippen LogP contribution in [0, 0.1) is 5.82 Å². The second-order valence-electron chi connectivity index (χ2n) is 7.56. The second kappa shape index (κ2) is 10.3. The number of rotatable bonds is 8. The van der Waals surface area contributed by atoms with Crippen LogP contribution in [-0.2, 0) is 4.74 Å². The Morgan fingerprint density at radius 2 is 1.84 bits per heavy atom. The maximum absolute atomic E-state index is 13.5. The van der Waals surface area contributed by atoms with E-state index in [0.29, 0.717) is 11.8 Å². The van der Waals surface area contributed by atoms with E-state index >= 15 is 0 Å². The van der Waals surface area contributed by atoms with Crippen LogP contribution >= 0.6 is 11.8 Å². The quantitative estimate of drug-likeness (QED) is 0.421. The molecule has 166 valence electrons. The van der Waals surface area contributed by atoms with E-state index in [0.717, 1.165) is 54.4 Å². The highest BCUT2D eigenvalue weighted by molar-refractivity contribution is 7.99. The maximum atomic E-state index is 13.5. The van der Waals surface area contributed by atoms with Crippen molar-refractivity contribution in [2.24, 2.45) is 0 Å². The first-order valence-electron chi connectivity index (χ1n) is 10.4. The van der Waals surface area contributed by atoms with Gasteiger partial charge in [-0.25, -0.2) is 9.37 Å². The summed E-state index contributed by atoms with van der Waals surface area (Å²) < 4.78 is 18.9. The van der Waals surface area contributed by atoms with Gasteiger partial charge in [-0.15, -0.1) is 11.8 Å². The van der Waals surface area contributed by atoms with Gasteiger partial charge in [0.15, 0.2) is 0 Å². The number of nitrogens with zero attached hydrogens (tertiary/aromatic N) is 1. The number of nitrogens with one attached hydrogen (secondary N) is 3. The smallest absolute Gasteiger partial charge is 0.146 e. The van der Waals surface area contributed by atoms with E-state index in [-0.39, 0.29) is 17.9 Å². The predicted molar refractivity (Wildman–Crippen MR) is 121 cm³/mol. The number of thioether (sulfide) groups is 1. The van der Waals surface area contributed by atoms with Gasteiger partial charge in [0, 0.05) is 42.3 Å². The van der Waals surface area contributed by atoms with E-state index in [1.807, 2.05) is 12.1 Å². The van der Waals surface area contributed by atoms with Crippen molar-refractivity contribution in [3.63, 3.8) is 0 Å². The Morgan fingerprint density at radius 3 is 2.55 bits per heavy atom. The number of ether oxygens (including phenoxy) is 1. The van der Waals surface area contributed by atoms with Gasteiger partial charge in [0.2, 0.25) is 0 Å². The van der Waals surface area contributed by atoms with Crippen LogP contribution in [0.1, 0.15) is 24.0 Å². The molecule has 0 bridgehead atoms. The molecule has 0 saturated carbocycles. The predicted octanol–water partition coefficient (Wildman–Crippen LogP) is 2.20. The average molecular weight is 447 g/mol. The van der Waals surface area contributed by atoms with Crippen LogP contribution in [0.5, 0.6) is 0 Å². The molecular weight excluding hydrogens is 419 g/mol. The van der Waals surface area contributed by atoms with Gasteiger partial charge in [-0.1, -0.05) is 0 Å². The highest BCUT2D eigenvalue weighted by Gasteiger charge is 2.26. The standard InChI is InChI=1S/C22H27FN4O3S/c23-16-3-1-14(2-4-16)20-21(27-22(26-20)31-13-18(29)12-28)15-5-8-24-19(11-15)25-17-6-9-30-10-7-17/h1-5,8,11,17-18,22,26-29H,6-7,9-10,12-13H2,(H,24,25). The molecule has 0 amide bonds. The minimum absolute atomic E-state index is 0.198. The van der Waals surface area contributed by atoms with Gasteiger partial charge < -0.3 is 30.9 Å². The molecule has 0 spiro atoms. The molecule has 1 aromatic carbocycles. The lowest BCUT2D eigenvalue weighted by atomic mass is 10.1. The van der Waals surface area contributed by atoms with E-state index in [1.165, 1.54) is 23.9 Å². The van der Waals surface area contributed by atoms with Gasteiger partial charge in [-0.3, -0.25) is 0 Å². The summed E-state index contributed by atoms with van der Waals surface area (Å²) in [5.41, 5.74) is 3.32. The monoisotopic (exact) mass is 446 g/mol. The minimum Gasteiger partial charge on any atom is -0.394 e. The Balaban J connectivity index is 1.57. The third-order valence-electron chi connectivity index (χ3n) is 5.22. The molecule has 0 radical (unpaired) electrons. The summed E-state index contributed by atoms with van der Waals surface area (Å²) in [6, 6.07) is 10.6. The number of aromatic nitrogens is 1. The number of aliphatic hydroxyl groups is 2. The molecule has 2 aliphatic rings. The normalized spacial score (nSPS) is 20.3. The van der Waals surface area contributed by atoms with Crippen molar-refractivity contribution in [2.45, 2.75) is 30.5 Å². The third kappa shape index (κ3) is 5.68. The zero-order valence-electron chi connectivity index (χ0n) is 17.1. The van der Waals surface area contributed by atoms with Crippen LogP contribution in [0.2, 0.25) is 0 Å². The van der Waals surface area contributed by atoms with Crippen molar-refractivity contribution in [2.75, 3.05) is 30.9 Å². The highest BCUT2D eigenvalue weighted by Crippen LogP contribution is 2.31. The lowest BCUT2D eigenvalue weighted by Gasteiger charge is -2.23. The first-order valence-corrected chi connectivity index (χ1v) is 11.4. The van der Waals surface area contributed by atoms with Gasteiger partial charge in [0.1, 0.15) is 17.1 Å². The van der Waals surface area contributed by atoms with E-state index in [2.05, 4.69) is 20.9 Å². The fourth-order valence-electron chi connectivity index (χ4n) is 3.57. The third-order valence-corrected chi connectivity index (χ3v) is 6.37. The molecule has 1 fully saturated rings. The van der Waals surface area contributed by atoms with Gasteiger partial charge in [-0.2, -0.15) is 0 Å². The van der Waals surface area contributed by atoms with Gasteiger partial charge >= 0.3 is 0 Å². The van der Waals surface area contributed by atoms with Crippen molar-refractivity contribution in [1.29, 1.82) is 0 Å². The Labute approximate surface area is 185 Å². The van der Waals surface area contributed by atoms with Crippen LogP contribution in [-0.4, -0.2) is 58.4 Å². The Bertz CT molecular complexity index is 906. The molecule has 9 heteroatoms. The van der Waals surface area contributed by atoms with E-state index in [4.69, 9.17) is 9.84 Å². The summed E-state index contributed by atoms with van der Waals surface area (Å²) >= 11 is 1.46. The lowest BCUT2D eigenvalue weighted by molar-refractivity contribution is 0.0904. The zero-order valence-corrected chi connectivity index (χ0v) is 17.9. The van der Waals surface area contributed by atoms with Crippen LogP contribution < -0.4 is 16.0 Å². The number of halogens is 1. The highest BCUT2D eigenvalue weighted by atomic mass is 32.2. The van der Waals surface area contributed by atoms with Crippen LogP contribution in [0.4, 0.5) is 10.2 Å². The molecule has 2 aliphatic heterocycles. The Hall–Kier alpha value is -2.33. The molecule has 2 unspecified atom stereocenters. The molecular formula is C22H27FN4O3S. The first kappa shape index (κ1) is 21.9. The summed E-state index contributed by atoms with van der Waals surface area (Å²) in [7, 11) is 0. The summed E-state index contributed by atoms with van der Waals surface area (Å²) in [4.78, 5) is 4.47. The molecule has 1 aromatic heterocycles. The number of benzene rings is 1. The number of hydrogen-bond acceptors (Lipinski definition) is 8. The summed E-state index contributed by atoms with van der Waals surface area (Å²) in [5, 5.41) is 29.1. The topological polar surface area (TPSA) is 98.7 Å². The molecule has 2 aromatic rings. The van der Waals surface area contributed by atoms with Crippen molar-refractivity contribution in [3.05, 3.63) is 59.5 Å². The zero-order chi connectivity index (χ0) is 21.6. The van der Waals surface area contributed by atoms with E-state index in [9.17, 15) is 9.50 Å². The molecule has 2 atom stereocenters. The van der Waals surface area contributed by atoms with Gasteiger partial charge in [0.05, 0.1) is 24.1 Å². The first-order chi connectivity index (χ1) is 15.1. The molecule has 0 aliphatic carbocycles. The SMILES string of the molecule is OCC(O)CSC1NC(c2ccc(F)cc2)=C(c2ccnc(NC3CCOCC3)c2)N1. The lowest BCUT2D eigenvalue weighted by Crippen LogP contribution is -2.31. The van der Waals surface area contributed by atoms with Crippen LogP contribution in [0.3, 0.4) is 0 Å². The van der Waals surface area contributed by atoms with E-state index < -0.39 is 6.10 Å². The average Bonchev–Trinajstić information content (AvgIpc) is 3.23. The van der Waals surface area contributed by atoms with Crippen molar-refractivity contribution in [1.82, 2.24) is 15.6 Å². The minimum atomic E-state index is -0.789. The fourth-order valence-corrected chi connectivity index (χ4v) is 4.50. The molecule has 4 rings (SSSR count). The number of hydrogen-bond donors (Lipinski definition) is 5. The van der Waals surface area contributed by atoms with Crippen LogP contribution in [0.15, 0.2) is 42.6 Å². The molecule has 7 nitrogen and oxygen atoms in total. The Morgan fingerprint density at radius 1 is 1.13 bits per heavy atom. The molecule has 3 heterocycles. The Kier molecular flexibility index (Phi) is 7.29.